The number of hydrogen-bond acceptors (Lipinski definition) is 1. The van der Waals surface area contributed by atoms with Crippen LogP contribution in [-0.2, 0) is 4.79 Å². The highest BCUT2D eigenvalue weighted by Crippen LogP contribution is 2.30. The maximum atomic E-state index is 12.4. The summed E-state index contributed by atoms with van der Waals surface area (Å²) in [4.78, 5) is 14.5. The molecule has 0 N–H and O–H groups in total. The molecule has 0 unspecified atom stereocenters. The van der Waals surface area contributed by atoms with Crippen molar-refractivity contribution in [1.29, 1.82) is 0 Å². The molecule has 2 saturated carbocycles. The Kier molecular flexibility index (Phi) is 5.72. The fourth-order valence-electron chi connectivity index (χ4n) is 3.93. The second kappa shape index (κ2) is 7.31. The Bertz CT molecular complexity index is 283. The largest absolute Gasteiger partial charge is 0.346 e. The molecular weight excluding hydrogens is 234 g/mol. The van der Waals surface area contributed by atoms with E-state index in [1.165, 1.54) is 51.4 Å². The van der Waals surface area contributed by atoms with Gasteiger partial charge in [-0.3, -0.25) is 4.79 Å². The van der Waals surface area contributed by atoms with Gasteiger partial charge in [-0.15, -0.1) is 0 Å². The fraction of sp³-hybridized carbons (Fsp3) is 0.941. The van der Waals surface area contributed by atoms with Gasteiger partial charge in [-0.2, -0.15) is 0 Å². The molecule has 0 bridgehead atoms. The third kappa shape index (κ3) is 4.50. The van der Waals surface area contributed by atoms with Crippen LogP contribution in [0.15, 0.2) is 0 Å². The molecule has 2 atom stereocenters. The lowest BCUT2D eigenvalue weighted by atomic mass is 9.81. The van der Waals surface area contributed by atoms with E-state index < -0.39 is 0 Å². The second-order valence-electron chi connectivity index (χ2n) is 7.02. The number of nitrogens with zero attached hydrogens (tertiary/aromatic N) is 1. The van der Waals surface area contributed by atoms with Crippen LogP contribution in [0.2, 0.25) is 0 Å². The van der Waals surface area contributed by atoms with Gasteiger partial charge in [-0.05, 0) is 31.1 Å². The van der Waals surface area contributed by atoms with Gasteiger partial charge in [-0.25, -0.2) is 0 Å². The van der Waals surface area contributed by atoms with Gasteiger partial charge in [-0.1, -0.05) is 51.9 Å². The van der Waals surface area contributed by atoms with E-state index in [9.17, 15) is 4.79 Å². The van der Waals surface area contributed by atoms with Gasteiger partial charge in [0.1, 0.15) is 0 Å². The first kappa shape index (κ1) is 14.9. The lowest BCUT2D eigenvalue weighted by molar-refractivity contribution is -0.135. The minimum atomic E-state index is 0.320. The third-order valence-corrected chi connectivity index (χ3v) is 5.26. The standard InChI is InChI=1S/C17H31NO/c1-14-7-6-10-16(13-14)17(19)18(2)12-11-15-8-4-3-5-9-15/h14-16H,3-13H2,1-2H3/t14-,16-/m0/s1. The Morgan fingerprint density at radius 2 is 1.79 bits per heavy atom. The van der Waals surface area contributed by atoms with E-state index in [1.807, 2.05) is 11.9 Å². The molecule has 0 aromatic carbocycles. The molecule has 2 aliphatic rings. The molecule has 0 saturated heterocycles. The molecule has 0 aliphatic heterocycles. The first-order valence-corrected chi connectivity index (χ1v) is 8.41. The third-order valence-electron chi connectivity index (χ3n) is 5.26. The topological polar surface area (TPSA) is 20.3 Å². The summed E-state index contributed by atoms with van der Waals surface area (Å²) in [6, 6.07) is 0. The summed E-state index contributed by atoms with van der Waals surface area (Å²) in [7, 11) is 2.02. The van der Waals surface area contributed by atoms with Gasteiger partial charge >= 0.3 is 0 Å². The van der Waals surface area contributed by atoms with E-state index in [-0.39, 0.29) is 0 Å². The van der Waals surface area contributed by atoms with Crippen molar-refractivity contribution in [2.45, 2.75) is 71.1 Å². The van der Waals surface area contributed by atoms with Crippen molar-refractivity contribution in [2.24, 2.45) is 17.8 Å². The molecule has 2 heteroatoms. The number of hydrogen-bond donors (Lipinski definition) is 0. The summed E-state index contributed by atoms with van der Waals surface area (Å²) < 4.78 is 0. The monoisotopic (exact) mass is 265 g/mol. The predicted molar refractivity (Wildman–Crippen MR) is 80.0 cm³/mol. The summed E-state index contributed by atoms with van der Waals surface area (Å²) in [6.45, 7) is 3.27. The summed E-state index contributed by atoms with van der Waals surface area (Å²) in [5.41, 5.74) is 0. The van der Waals surface area contributed by atoms with Crippen LogP contribution in [0.1, 0.15) is 71.1 Å². The molecular formula is C17H31NO. The smallest absolute Gasteiger partial charge is 0.225 e. The van der Waals surface area contributed by atoms with Crippen LogP contribution in [0, 0.1) is 17.8 Å². The summed E-state index contributed by atoms with van der Waals surface area (Å²) in [5, 5.41) is 0. The quantitative estimate of drug-likeness (QED) is 0.744. The fourth-order valence-corrected chi connectivity index (χ4v) is 3.93. The molecule has 2 rings (SSSR count). The molecule has 2 aliphatic carbocycles. The maximum absolute atomic E-state index is 12.4. The minimum absolute atomic E-state index is 0.320. The first-order chi connectivity index (χ1) is 9.16. The van der Waals surface area contributed by atoms with Crippen molar-refractivity contribution < 1.29 is 4.79 Å². The van der Waals surface area contributed by atoms with Crippen molar-refractivity contribution in [3.05, 3.63) is 0 Å². The van der Waals surface area contributed by atoms with Crippen molar-refractivity contribution in [3.8, 4) is 0 Å². The summed E-state index contributed by atoms with van der Waals surface area (Å²) in [5.74, 6) is 2.37. The zero-order valence-corrected chi connectivity index (χ0v) is 12.9. The van der Waals surface area contributed by atoms with Gasteiger partial charge in [0, 0.05) is 19.5 Å². The van der Waals surface area contributed by atoms with E-state index in [0.29, 0.717) is 11.8 Å². The summed E-state index contributed by atoms with van der Waals surface area (Å²) >= 11 is 0. The molecule has 19 heavy (non-hydrogen) atoms. The Morgan fingerprint density at radius 1 is 1.05 bits per heavy atom. The molecule has 110 valence electrons. The first-order valence-electron chi connectivity index (χ1n) is 8.41. The Hall–Kier alpha value is -0.530. The number of carbonyl (C=O) groups excluding carboxylic acids is 1. The number of rotatable bonds is 4. The van der Waals surface area contributed by atoms with Crippen LogP contribution in [0.4, 0.5) is 0 Å². The van der Waals surface area contributed by atoms with E-state index in [1.54, 1.807) is 0 Å². The van der Waals surface area contributed by atoms with Crippen LogP contribution >= 0.6 is 0 Å². The molecule has 0 aromatic heterocycles. The normalized spacial score (nSPS) is 29.2. The molecule has 0 aromatic rings. The highest BCUT2D eigenvalue weighted by atomic mass is 16.2. The zero-order chi connectivity index (χ0) is 13.7. The van der Waals surface area contributed by atoms with Crippen LogP contribution in [0.3, 0.4) is 0 Å². The van der Waals surface area contributed by atoms with Gasteiger partial charge in [0.15, 0.2) is 0 Å². The van der Waals surface area contributed by atoms with Gasteiger partial charge < -0.3 is 4.90 Å². The maximum Gasteiger partial charge on any atom is 0.225 e. The van der Waals surface area contributed by atoms with Crippen LogP contribution < -0.4 is 0 Å². The van der Waals surface area contributed by atoms with Crippen LogP contribution in [0.25, 0.3) is 0 Å². The Morgan fingerprint density at radius 3 is 2.47 bits per heavy atom. The van der Waals surface area contributed by atoms with Crippen LogP contribution in [0.5, 0.6) is 0 Å². The molecule has 0 radical (unpaired) electrons. The number of carbonyl (C=O) groups is 1. The Labute approximate surface area is 118 Å². The van der Waals surface area contributed by atoms with E-state index in [4.69, 9.17) is 0 Å². The lowest BCUT2D eigenvalue weighted by Gasteiger charge is -2.30. The van der Waals surface area contributed by atoms with Crippen molar-refractivity contribution in [2.75, 3.05) is 13.6 Å². The molecule has 1 amide bonds. The van der Waals surface area contributed by atoms with Crippen LogP contribution in [-0.4, -0.2) is 24.4 Å². The van der Waals surface area contributed by atoms with Gasteiger partial charge in [0.2, 0.25) is 5.91 Å². The predicted octanol–water partition coefficient (Wildman–Crippen LogP) is 4.24. The van der Waals surface area contributed by atoms with Crippen molar-refractivity contribution >= 4 is 5.91 Å². The number of amides is 1. The average Bonchev–Trinajstić information content (AvgIpc) is 2.45. The lowest BCUT2D eigenvalue weighted by Crippen LogP contribution is -2.36. The summed E-state index contributed by atoms with van der Waals surface area (Å²) in [6.07, 6.45) is 13.0. The zero-order valence-electron chi connectivity index (χ0n) is 12.9. The van der Waals surface area contributed by atoms with Gasteiger partial charge in [0.25, 0.3) is 0 Å². The van der Waals surface area contributed by atoms with Crippen molar-refractivity contribution in [1.82, 2.24) is 4.90 Å². The van der Waals surface area contributed by atoms with Gasteiger partial charge in [0.05, 0.1) is 0 Å². The van der Waals surface area contributed by atoms with E-state index in [2.05, 4.69) is 6.92 Å². The molecule has 2 fully saturated rings. The Balaban J connectivity index is 1.72. The molecule has 0 heterocycles. The molecule has 0 spiro atoms. The highest BCUT2D eigenvalue weighted by molar-refractivity contribution is 5.78. The highest BCUT2D eigenvalue weighted by Gasteiger charge is 2.27. The second-order valence-corrected chi connectivity index (χ2v) is 7.02. The average molecular weight is 265 g/mol. The van der Waals surface area contributed by atoms with E-state index in [0.717, 1.165) is 31.2 Å². The van der Waals surface area contributed by atoms with Crippen molar-refractivity contribution in [3.63, 3.8) is 0 Å². The SMILES string of the molecule is C[C@H]1CCC[C@H](C(=O)N(C)CCC2CCCCC2)C1. The minimum Gasteiger partial charge on any atom is -0.346 e. The molecule has 2 nitrogen and oxygen atoms in total. The van der Waals surface area contributed by atoms with E-state index >= 15 is 0 Å².